The minimum absolute atomic E-state index is 0.128. The van der Waals surface area contributed by atoms with Gasteiger partial charge in [0, 0.05) is 16.5 Å². The predicted molar refractivity (Wildman–Crippen MR) is 107 cm³/mol. The molecule has 1 unspecified atom stereocenters. The molecule has 1 aromatic heterocycles. The summed E-state index contributed by atoms with van der Waals surface area (Å²) in [6, 6.07) is 4.78. The van der Waals surface area contributed by atoms with E-state index in [2.05, 4.69) is 0 Å². The third-order valence-electron chi connectivity index (χ3n) is 4.83. The van der Waals surface area contributed by atoms with Crippen molar-refractivity contribution < 1.29 is 19.4 Å². The Morgan fingerprint density at radius 1 is 1.11 bits per heavy atom. The fourth-order valence-electron chi connectivity index (χ4n) is 3.47. The van der Waals surface area contributed by atoms with Crippen LogP contribution in [0.5, 0.6) is 0 Å². The van der Waals surface area contributed by atoms with E-state index in [0.29, 0.717) is 25.4 Å². The number of ether oxygens (including phenoxy) is 1. The number of ketones is 1. The number of hydrogen-bond acceptors (Lipinski definition) is 5. The van der Waals surface area contributed by atoms with Crippen LogP contribution in [0.2, 0.25) is 10.0 Å². The molecule has 0 spiro atoms. The van der Waals surface area contributed by atoms with Crippen LogP contribution in [0.4, 0.5) is 0 Å². The van der Waals surface area contributed by atoms with Crippen molar-refractivity contribution >= 4 is 46.3 Å². The van der Waals surface area contributed by atoms with E-state index < -0.39 is 11.6 Å². The minimum atomic E-state index is -1.43. The average molecular weight is 427 g/mol. The summed E-state index contributed by atoms with van der Waals surface area (Å²) in [7, 11) is 1.34. The maximum absolute atomic E-state index is 13.0. The molecule has 2 aromatic rings. The lowest BCUT2D eigenvalue weighted by atomic mass is 9.87. The molecule has 144 valence electrons. The molecule has 1 N–H and O–H groups in total. The topological polar surface area (TPSA) is 63.6 Å². The van der Waals surface area contributed by atoms with Gasteiger partial charge in [-0.3, -0.25) is 4.79 Å². The van der Waals surface area contributed by atoms with Crippen LogP contribution in [-0.4, -0.2) is 24.0 Å². The minimum Gasteiger partial charge on any atom is -0.465 e. The Bertz CT molecular complexity index is 881. The summed E-state index contributed by atoms with van der Waals surface area (Å²) in [6.07, 6.45) is 3.36. The number of fused-ring (bicyclic) bond motifs is 1. The van der Waals surface area contributed by atoms with Crippen molar-refractivity contribution in [1.29, 1.82) is 0 Å². The number of carbonyl (C=O) groups excluding carboxylic acids is 2. The molecule has 0 saturated carbocycles. The Balaban J connectivity index is 1.94. The van der Waals surface area contributed by atoms with Gasteiger partial charge in [-0.2, -0.15) is 0 Å². The van der Waals surface area contributed by atoms with Crippen LogP contribution in [0, 0.1) is 0 Å². The highest BCUT2D eigenvalue weighted by Gasteiger charge is 2.33. The van der Waals surface area contributed by atoms with Crippen molar-refractivity contribution in [2.75, 3.05) is 7.11 Å². The third kappa shape index (κ3) is 4.21. The summed E-state index contributed by atoms with van der Waals surface area (Å²) in [4.78, 5) is 26.2. The van der Waals surface area contributed by atoms with Crippen molar-refractivity contribution in [1.82, 2.24) is 0 Å². The lowest BCUT2D eigenvalue weighted by molar-refractivity contribution is 0.0432. The number of hydrogen-bond donors (Lipinski definition) is 1. The van der Waals surface area contributed by atoms with Gasteiger partial charge in [-0.05, 0) is 67.5 Å². The fourth-order valence-corrected chi connectivity index (χ4v) is 5.25. The first-order valence-electron chi connectivity index (χ1n) is 8.68. The second-order valence-electron chi connectivity index (χ2n) is 6.95. The molecule has 1 aromatic carbocycles. The molecule has 0 aliphatic heterocycles. The Kier molecular flexibility index (Phi) is 5.96. The predicted octanol–water partition coefficient (Wildman–Crippen LogP) is 5.20. The molecular weight excluding hydrogens is 407 g/mol. The second kappa shape index (κ2) is 7.92. The van der Waals surface area contributed by atoms with E-state index in [0.717, 1.165) is 36.8 Å². The summed E-state index contributed by atoms with van der Waals surface area (Å²) in [6.45, 7) is 1.56. The first kappa shape index (κ1) is 20.3. The highest BCUT2D eigenvalue weighted by Crippen LogP contribution is 2.38. The molecule has 1 atom stereocenters. The van der Waals surface area contributed by atoms with Crippen molar-refractivity contribution in [3.8, 4) is 0 Å². The van der Waals surface area contributed by atoms with Crippen LogP contribution in [0.25, 0.3) is 0 Å². The van der Waals surface area contributed by atoms with Crippen molar-refractivity contribution in [2.24, 2.45) is 0 Å². The molecule has 1 aliphatic carbocycles. The molecule has 4 nitrogen and oxygen atoms in total. The number of methoxy groups -OCH3 is 1. The molecule has 1 aliphatic rings. The molecular formula is C20H20Cl2O4S. The van der Waals surface area contributed by atoms with Gasteiger partial charge in [-0.1, -0.05) is 23.2 Å². The van der Waals surface area contributed by atoms with Crippen LogP contribution in [0.1, 0.15) is 62.2 Å². The van der Waals surface area contributed by atoms with Gasteiger partial charge < -0.3 is 9.84 Å². The Labute approximate surface area is 172 Å². The summed E-state index contributed by atoms with van der Waals surface area (Å²) in [5.74, 6) is -0.611. The van der Waals surface area contributed by atoms with Gasteiger partial charge in [0.15, 0.2) is 5.78 Å². The SMILES string of the molecule is COC(=O)c1sc(C(=O)CC(C)(O)c2cc(Cl)cc(Cl)c2)c2c1CCCC2. The van der Waals surface area contributed by atoms with Gasteiger partial charge in [0.25, 0.3) is 0 Å². The van der Waals surface area contributed by atoms with Gasteiger partial charge in [-0.25, -0.2) is 4.79 Å². The van der Waals surface area contributed by atoms with Gasteiger partial charge in [0.1, 0.15) is 4.88 Å². The van der Waals surface area contributed by atoms with Crippen molar-refractivity contribution in [3.05, 3.63) is 54.7 Å². The van der Waals surface area contributed by atoms with Crippen molar-refractivity contribution in [3.63, 3.8) is 0 Å². The zero-order valence-corrected chi connectivity index (χ0v) is 17.4. The zero-order chi connectivity index (χ0) is 19.8. The summed E-state index contributed by atoms with van der Waals surface area (Å²) in [5, 5.41) is 11.7. The Hall–Kier alpha value is -1.40. The number of thiophene rings is 1. The fraction of sp³-hybridized carbons (Fsp3) is 0.400. The average Bonchev–Trinajstić information content (AvgIpc) is 3.00. The van der Waals surface area contributed by atoms with E-state index in [-0.39, 0.29) is 12.2 Å². The Morgan fingerprint density at radius 2 is 1.67 bits per heavy atom. The lowest BCUT2D eigenvalue weighted by Gasteiger charge is -2.24. The zero-order valence-electron chi connectivity index (χ0n) is 15.1. The first-order valence-corrected chi connectivity index (χ1v) is 10.2. The van der Waals surface area contributed by atoms with Crippen LogP contribution < -0.4 is 0 Å². The molecule has 0 radical (unpaired) electrons. The van der Waals surface area contributed by atoms with E-state index >= 15 is 0 Å². The highest BCUT2D eigenvalue weighted by molar-refractivity contribution is 7.16. The third-order valence-corrected chi connectivity index (χ3v) is 6.57. The van der Waals surface area contributed by atoms with E-state index in [1.807, 2.05) is 0 Å². The number of rotatable bonds is 5. The largest absolute Gasteiger partial charge is 0.465 e. The number of Topliss-reactive ketones (excluding diaryl/α,β-unsaturated/α-hetero) is 1. The maximum atomic E-state index is 13.0. The molecule has 1 heterocycles. The van der Waals surface area contributed by atoms with Gasteiger partial charge >= 0.3 is 5.97 Å². The number of esters is 1. The molecule has 0 fully saturated rings. The molecule has 3 rings (SSSR count). The number of carbonyl (C=O) groups is 2. The summed E-state index contributed by atoms with van der Waals surface area (Å²) < 4.78 is 4.87. The molecule has 0 amide bonds. The number of halogens is 2. The molecule has 0 saturated heterocycles. The maximum Gasteiger partial charge on any atom is 0.348 e. The molecule has 0 bridgehead atoms. The van der Waals surface area contributed by atoms with Crippen molar-refractivity contribution in [2.45, 2.75) is 44.6 Å². The summed E-state index contributed by atoms with van der Waals surface area (Å²) in [5.41, 5.74) is 0.901. The second-order valence-corrected chi connectivity index (χ2v) is 8.84. The molecule has 7 heteroatoms. The van der Waals surface area contributed by atoms with Gasteiger partial charge in [-0.15, -0.1) is 11.3 Å². The van der Waals surface area contributed by atoms with E-state index in [1.165, 1.54) is 18.4 Å². The first-order chi connectivity index (χ1) is 12.7. The smallest absolute Gasteiger partial charge is 0.348 e. The van der Waals surface area contributed by atoms with Crippen LogP contribution >= 0.6 is 34.5 Å². The highest BCUT2D eigenvalue weighted by atomic mass is 35.5. The molecule has 27 heavy (non-hydrogen) atoms. The van der Waals surface area contributed by atoms with Gasteiger partial charge in [0.05, 0.1) is 17.6 Å². The Morgan fingerprint density at radius 3 is 2.22 bits per heavy atom. The van der Waals surface area contributed by atoms with E-state index in [4.69, 9.17) is 27.9 Å². The number of benzene rings is 1. The van der Waals surface area contributed by atoms with Crippen LogP contribution in [-0.2, 0) is 23.2 Å². The van der Waals surface area contributed by atoms with Crippen LogP contribution in [0.3, 0.4) is 0 Å². The van der Waals surface area contributed by atoms with Gasteiger partial charge in [0.2, 0.25) is 0 Å². The standard InChI is InChI=1S/C20H20Cl2O4S/c1-20(25,11-7-12(21)9-13(22)8-11)10-16(23)17-14-5-3-4-6-15(14)18(27-17)19(24)26-2/h7-9,25H,3-6,10H2,1-2H3. The lowest BCUT2D eigenvalue weighted by Crippen LogP contribution is -2.25. The van der Waals surface area contributed by atoms with Crippen LogP contribution in [0.15, 0.2) is 18.2 Å². The number of aliphatic hydroxyl groups is 1. The van der Waals surface area contributed by atoms with E-state index in [9.17, 15) is 14.7 Å². The monoisotopic (exact) mass is 426 g/mol. The quantitative estimate of drug-likeness (QED) is 0.526. The summed E-state index contributed by atoms with van der Waals surface area (Å²) >= 11 is 13.2. The normalized spacial score (nSPS) is 15.7. The van der Waals surface area contributed by atoms with E-state index in [1.54, 1.807) is 25.1 Å².